The van der Waals surface area contributed by atoms with Gasteiger partial charge in [0.25, 0.3) is 15.9 Å². The topological polar surface area (TPSA) is 101 Å². The monoisotopic (exact) mass is 503 g/mol. The molecule has 0 atom stereocenters. The number of rotatable bonds is 6. The van der Waals surface area contributed by atoms with Gasteiger partial charge >= 0.3 is 0 Å². The minimum absolute atomic E-state index is 0.0575. The van der Waals surface area contributed by atoms with E-state index in [-0.39, 0.29) is 21.4 Å². The third-order valence-corrected chi connectivity index (χ3v) is 7.04. The number of para-hydroxylation sites is 1. The summed E-state index contributed by atoms with van der Waals surface area (Å²) in [6, 6.07) is 22.9. The zero-order chi connectivity index (χ0) is 25.9. The Morgan fingerprint density at radius 1 is 0.944 bits per heavy atom. The lowest BCUT2D eigenvalue weighted by molar-refractivity contribution is 0.102. The number of hydrogen-bond acceptors (Lipinski definition) is 5. The van der Waals surface area contributed by atoms with Gasteiger partial charge in [-0.1, -0.05) is 70.2 Å². The summed E-state index contributed by atoms with van der Waals surface area (Å²) < 4.78 is 31.7. The lowest BCUT2D eigenvalue weighted by atomic mass is 9.87. The Labute approximate surface area is 210 Å². The molecule has 0 radical (unpaired) electrons. The van der Waals surface area contributed by atoms with Crippen LogP contribution in [0.25, 0.3) is 11.0 Å². The summed E-state index contributed by atoms with van der Waals surface area (Å²) in [6.07, 6.45) is 0.889. The minimum atomic E-state index is -3.99. The van der Waals surface area contributed by atoms with Crippen LogP contribution >= 0.6 is 0 Å². The van der Waals surface area contributed by atoms with Gasteiger partial charge in [0.05, 0.1) is 4.90 Å². The van der Waals surface area contributed by atoms with Gasteiger partial charge in [0.15, 0.2) is 0 Å². The molecule has 0 saturated carbocycles. The van der Waals surface area contributed by atoms with Crippen molar-refractivity contribution < 1.29 is 17.6 Å². The number of aryl methyl sites for hydroxylation is 1. The Bertz CT molecular complexity index is 1560. The molecule has 0 spiro atoms. The van der Waals surface area contributed by atoms with Gasteiger partial charge in [-0.25, -0.2) is 0 Å². The Kier molecular flexibility index (Phi) is 6.99. The highest BCUT2D eigenvalue weighted by atomic mass is 32.2. The molecular formula is C28H29N3O4S. The van der Waals surface area contributed by atoms with Gasteiger partial charge in [0.1, 0.15) is 11.1 Å². The zero-order valence-corrected chi connectivity index (χ0v) is 21.5. The fourth-order valence-corrected chi connectivity index (χ4v) is 4.43. The van der Waals surface area contributed by atoms with E-state index in [4.69, 9.17) is 4.42 Å². The second kappa shape index (κ2) is 9.99. The van der Waals surface area contributed by atoms with Crippen molar-refractivity contribution in [2.75, 3.05) is 5.32 Å². The smallest absolute Gasteiger partial charge is 0.276 e. The molecule has 4 rings (SSSR count). The highest BCUT2D eigenvalue weighted by Gasteiger charge is 2.18. The molecule has 0 fully saturated rings. The van der Waals surface area contributed by atoms with E-state index in [2.05, 4.69) is 42.9 Å². The standard InChI is InChI=1S/C28H29N3O4S/c1-5-19-10-14-22(15-11-19)29-26(32)24-18-20-8-6-7-9-25(20)35-27(24)30-31-36(33,34)23-16-12-21(13-17-23)28(2,3)4/h6-18,31H,5H2,1-4H3,(H,29,32)/b30-27+. The van der Waals surface area contributed by atoms with E-state index >= 15 is 0 Å². The Morgan fingerprint density at radius 3 is 2.25 bits per heavy atom. The van der Waals surface area contributed by atoms with Crippen molar-refractivity contribution in [1.82, 2.24) is 4.83 Å². The lowest BCUT2D eigenvalue weighted by Gasteiger charge is -2.19. The maximum absolute atomic E-state index is 13.2. The Morgan fingerprint density at radius 2 is 1.61 bits per heavy atom. The first-order chi connectivity index (χ1) is 17.1. The number of benzene rings is 3. The zero-order valence-electron chi connectivity index (χ0n) is 20.7. The van der Waals surface area contributed by atoms with Gasteiger partial charge in [0, 0.05) is 11.1 Å². The molecule has 1 heterocycles. The van der Waals surface area contributed by atoms with E-state index in [1.165, 1.54) is 12.1 Å². The predicted octanol–water partition coefficient (Wildman–Crippen LogP) is 5.34. The molecule has 186 valence electrons. The van der Waals surface area contributed by atoms with Crippen LogP contribution in [0.1, 0.15) is 49.2 Å². The first-order valence-corrected chi connectivity index (χ1v) is 13.1. The van der Waals surface area contributed by atoms with Crippen LogP contribution in [0.2, 0.25) is 0 Å². The number of nitrogens with one attached hydrogen (secondary N) is 2. The quantitative estimate of drug-likeness (QED) is 0.347. The summed E-state index contributed by atoms with van der Waals surface area (Å²) in [7, 11) is -3.99. The molecule has 0 aliphatic heterocycles. The van der Waals surface area contributed by atoms with Crippen LogP contribution in [0.15, 0.2) is 93.3 Å². The van der Waals surface area contributed by atoms with Crippen LogP contribution in [-0.4, -0.2) is 14.3 Å². The molecule has 8 heteroatoms. The van der Waals surface area contributed by atoms with Crippen molar-refractivity contribution >= 4 is 32.6 Å². The van der Waals surface area contributed by atoms with Crippen LogP contribution in [0.3, 0.4) is 0 Å². The van der Waals surface area contributed by atoms with Crippen LogP contribution in [-0.2, 0) is 21.9 Å². The number of nitrogens with zero attached hydrogens (tertiary/aromatic N) is 1. The molecule has 4 aromatic rings. The average Bonchev–Trinajstić information content (AvgIpc) is 2.87. The molecule has 0 aliphatic rings. The molecule has 0 bridgehead atoms. The second-order valence-corrected chi connectivity index (χ2v) is 11.1. The Hall–Kier alpha value is -3.91. The largest absolute Gasteiger partial charge is 0.436 e. The van der Waals surface area contributed by atoms with Crippen molar-refractivity contribution in [2.24, 2.45) is 5.10 Å². The normalized spacial score (nSPS) is 12.5. The first-order valence-electron chi connectivity index (χ1n) is 11.7. The van der Waals surface area contributed by atoms with Crippen molar-refractivity contribution in [3.05, 3.63) is 101 Å². The van der Waals surface area contributed by atoms with Gasteiger partial charge in [-0.2, -0.15) is 13.2 Å². The van der Waals surface area contributed by atoms with E-state index in [0.29, 0.717) is 16.7 Å². The number of carbonyl (C=O) groups is 1. The summed E-state index contributed by atoms with van der Waals surface area (Å²) in [4.78, 5) is 15.4. The number of anilines is 1. The van der Waals surface area contributed by atoms with Crippen molar-refractivity contribution in [2.45, 2.75) is 44.4 Å². The van der Waals surface area contributed by atoms with E-state index in [9.17, 15) is 13.2 Å². The molecule has 1 aromatic heterocycles. The van der Waals surface area contributed by atoms with E-state index in [0.717, 1.165) is 17.5 Å². The van der Waals surface area contributed by atoms with Crippen LogP contribution in [0.5, 0.6) is 0 Å². The molecule has 0 aliphatic carbocycles. The number of hydrogen-bond donors (Lipinski definition) is 2. The molecule has 7 nitrogen and oxygen atoms in total. The fraction of sp³-hybridized carbons (Fsp3) is 0.214. The van der Waals surface area contributed by atoms with Crippen LogP contribution < -0.4 is 15.7 Å². The third-order valence-electron chi connectivity index (χ3n) is 5.82. The molecule has 36 heavy (non-hydrogen) atoms. The first kappa shape index (κ1) is 25.2. The fourth-order valence-electron chi connectivity index (χ4n) is 3.63. The summed E-state index contributed by atoms with van der Waals surface area (Å²) in [6.45, 7) is 8.21. The van der Waals surface area contributed by atoms with Crippen LogP contribution in [0, 0.1) is 0 Å². The Balaban J connectivity index is 1.69. The predicted molar refractivity (Wildman–Crippen MR) is 141 cm³/mol. The molecule has 0 unspecified atom stereocenters. The summed E-state index contributed by atoms with van der Waals surface area (Å²) in [5, 5.41) is 7.51. The average molecular weight is 504 g/mol. The van der Waals surface area contributed by atoms with Gasteiger partial charge in [-0.05, 0) is 59.4 Å². The molecule has 0 saturated heterocycles. The second-order valence-electron chi connectivity index (χ2n) is 9.49. The number of fused-ring (bicyclic) bond motifs is 1. The van der Waals surface area contributed by atoms with Crippen LogP contribution in [0.4, 0.5) is 5.69 Å². The summed E-state index contributed by atoms with van der Waals surface area (Å²) >= 11 is 0. The molecule has 2 N–H and O–H groups in total. The maximum atomic E-state index is 13.2. The maximum Gasteiger partial charge on any atom is 0.276 e. The number of amides is 1. The molecule has 1 amide bonds. The number of sulfonamides is 1. The number of carbonyl (C=O) groups excluding carboxylic acids is 1. The van der Waals surface area contributed by atoms with E-state index in [1.54, 1.807) is 36.4 Å². The van der Waals surface area contributed by atoms with Crippen molar-refractivity contribution in [1.29, 1.82) is 0 Å². The van der Waals surface area contributed by atoms with Gasteiger partial charge < -0.3 is 9.73 Å². The highest BCUT2D eigenvalue weighted by molar-refractivity contribution is 7.89. The SMILES string of the molecule is CCc1ccc(NC(=O)c2cc3ccccc3o/c2=N/NS(=O)(=O)c2ccc(C(C)(C)C)cc2)cc1. The lowest BCUT2D eigenvalue weighted by Crippen LogP contribution is -2.27. The molecule has 3 aromatic carbocycles. The third kappa shape index (κ3) is 5.66. The van der Waals surface area contributed by atoms with Gasteiger partial charge in [0.2, 0.25) is 5.55 Å². The molecular weight excluding hydrogens is 474 g/mol. The highest BCUT2D eigenvalue weighted by Crippen LogP contribution is 2.23. The summed E-state index contributed by atoms with van der Waals surface area (Å²) in [5.41, 5.74) is 3.07. The van der Waals surface area contributed by atoms with Crippen molar-refractivity contribution in [3.8, 4) is 0 Å². The minimum Gasteiger partial charge on any atom is -0.436 e. The van der Waals surface area contributed by atoms with Gasteiger partial charge in [-0.3, -0.25) is 4.79 Å². The van der Waals surface area contributed by atoms with Gasteiger partial charge in [-0.15, -0.1) is 5.10 Å². The van der Waals surface area contributed by atoms with E-state index in [1.807, 2.05) is 30.3 Å². The van der Waals surface area contributed by atoms with Crippen molar-refractivity contribution in [3.63, 3.8) is 0 Å². The summed E-state index contributed by atoms with van der Waals surface area (Å²) in [5.74, 6) is -0.471. The van der Waals surface area contributed by atoms with E-state index < -0.39 is 15.9 Å².